The fourth-order valence-corrected chi connectivity index (χ4v) is 4.08. The van der Waals surface area contributed by atoms with Crippen LogP contribution in [0, 0.1) is 0 Å². The fourth-order valence-electron chi connectivity index (χ4n) is 2.35. The Kier molecular flexibility index (Phi) is 4.42. The standard InChI is InChI=1S/C13H17NO5S/c15-11-6-7-14(12(8-11)13(16)17)20(18,19)9-10-4-2-1-3-5-10/h1-5,11-12,15H,6-9H2,(H,16,17)/t11-,12+/m1/s1. The zero-order valence-corrected chi connectivity index (χ0v) is 11.7. The van der Waals surface area contributed by atoms with Crippen molar-refractivity contribution in [1.82, 2.24) is 4.31 Å². The van der Waals surface area contributed by atoms with E-state index in [1.165, 1.54) is 0 Å². The van der Waals surface area contributed by atoms with E-state index in [4.69, 9.17) is 5.11 Å². The monoisotopic (exact) mass is 299 g/mol. The van der Waals surface area contributed by atoms with Crippen molar-refractivity contribution in [3.8, 4) is 0 Å². The number of benzene rings is 1. The summed E-state index contributed by atoms with van der Waals surface area (Å²) in [5.74, 6) is -1.45. The molecule has 0 radical (unpaired) electrons. The van der Waals surface area contributed by atoms with E-state index in [1.807, 2.05) is 0 Å². The molecular weight excluding hydrogens is 282 g/mol. The molecule has 1 fully saturated rings. The number of sulfonamides is 1. The summed E-state index contributed by atoms with van der Waals surface area (Å²) in [5, 5.41) is 18.7. The Balaban J connectivity index is 2.21. The number of rotatable bonds is 4. The van der Waals surface area contributed by atoms with Gasteiger partial charge in [-0.2, -0.15) is 4.31 Å². The van der Waals surface area contributed by atoms with Crippen molar-refractivity contribution in [1.29, 1.82) is 0 Å². The number of aliphatic hydroxyl groups is 1. The second-order valence-electron chi connectivity index (χ2n) is 4.88. The minimum atomic E-state index is -3.71. The van der Waals surface area contributed by atoms with Gasteiger partial charge < -0.3 is 10.2 Å². The molecule has 1 aliphatic rings. The molecule has 0 saturated carbocycles. The van der Waals surface area contributed by atoms with Gasteiger partial charge in [-0.25, -0.2) is 8.42 Å². The van der Waals surface area contributed by atoms with Crippen molar-refractivity contribution < 1.29 is 23.4 Å². The molecule has 0 aliphatic carbocycles. The van der Waals surface area contributed by atoms with Crippen LogP contribution in [0.4, 0.5) is 0 Å². The zero-order valence-electron chi connectivity index (χ0n) is 10.8. The smallest absolute Gasteiger partial charge is 0.322 e. The maximum atomic E-state index is 12.4. The predicted octanol–water partition coefficient (Wildman–Crippen LogP) is 0.426. The van der Waals surface area contributed by atoms with Crippen LogP contribution >= 0.6 is 0 Å². The van der Waals surface area contributed by atoms with Crippen LogP contribution in [0.5, 0.6) is 0 Å². The third-order valence-corrected chi connectivity index (χ3v) is 5.21. The van der Waals surface area contributed by atoms with E-state index >= 15 is 0 Å². The molecule has 0 amide bonds. The van der Waals surface area contributed by atoms with Crippen LogP contribution in [-0.4, -0.2) is 47.6 Å². The first-order valence-electron chi connectivity index (χ1n) is 6.34. The molecule has 2 N–H and O–H groups in total. The number of hydrogen-bond donors (Lipinski definition) is 2. The average molecular weight is 299 g/mol. The van der Waals surface area contributed by atoms with Crippen LogP contribution in [0.25, 0.3) is 0 Å². The summed E-state index contributed by atoms with van der Waals surface area (Å²) in [5.41, 5.74) is 0.614. The average Bonchev–Trinajstić information content (AvgIpc) is 2.38. The SMILES string of the molecule is O=C(O)[C@@H]1C[C@H](O)CCN1S(=O)(=O)Cc1ccccc1. The zero-order chi connectivity index (χ0) is 14.8. The van der Waals surface area contributed by atoms with Crippen molar-refractivity contribution in [2.45, 2.75) is 30.7 Å². The molecule has 0 spiro atoms. The van der Waals surface area contributed by atoms with Gasteiger partial charge in [0.1, 0.15) is 6.04 Å². The highest BCUT2D eigenvalue weighted by Crippen LogP contribution is 2.23. The first-order valence-corrected chi connectivity index (χ1v) is 7.95. The van der Waals surface area contributed by atoms with E-state index < -0.39 is 28.1 Å². The lowest BCUT2D eigenvalue weighted by atomic mass is 10.0. The van der Waals surface area contributed by atoms with Crippen LogP contribution in [0.3, 0.4) is 0 Å². The molecular formula is C13H17NO5S. The molecule has 2 rings (SSSR count). The summed E-state index contributed by atoms with van der Waals surface area (Å²) < 4.78 is 25.7. The van der Waals surface area contributed by atoms with Gasteiger partial charge in [0, 0.05) is 13.0 Å². The molecule has 2 atom stereocenters. The van der Waals surface area contributed by atoms with Gasteiger partial charge in [-0.15, -0.1) is 0 Å². The fraction of sp³-hybridized carbons (Fsp3) is 0.462. The molecule has 20 heavy (non-hydrogen) atoms. The van der Waals surface area contributed by atoms with Crippen molar-refractivity contribution in [2.75, 3.05) is 6.54 Å². The lowest BCUT2D eigenvalue weighted by molar-refractivity contribution is -0.143. The highest BCUT2D eigenvalue weighted by atomic mass is 32.2. The van der Waals surface area contributed by atoms with Crippen molar-refractivity contribution in [3.63, 3.8) is 0 Å². The third-order valence-electron chi connectivity index (χ3n) is 3.36. The molecule has 7 heteroatoms. The van der Waals surface area contributed by atoms with Gasteiger partial charge in [-0.1, -0.05) is 30.3 Å². The van der Waals surface area contributed by atoms with E-state index in [0.717, 1.165) is 4.31 Å². The predicted molar refractivity (Wildman–Crippen MR) is 72.4 cm³/mol. The lowest BCUT2D eigenvalue weighted by Crippen LogP contribution is -2.51. The molecule has 6 nitrogen and oxygen atoms in total. The summed E-state index contributed by atoms with van der Waals surface area (Å²) in [7, 11) is -3.71. The lowest BCUT2D eigenvalue weighted by Gasteiger charge is -2.34. The maximum Gasteiger partial charge on any atom is 0.322 e. The number of aliphatic hydroxyl groups excluding tert-OH is 1. The molecule has 1 saturated heterocycles. The summed E-state index contributed by atoms with van der Waals surface area (Å²) in [4.78, 5) is 11.2. The first kappa shape index (κ1) is 15.0. The van der Waals surface area contributed by atoms with Gasteiger partial charge in [0.05, 0.1) is 11.9 Å². The molecule has 1 heterocycles. The minimum absolute atomic E-state index is 0.0350. The molecule has 1 aliphatic heterocycles. The Hall–Kier alpha value is -1.44. The normalized spacial score (nSPS) is 24.4. The van der Waals surface area contributed by atoms with E-state index in [9.17, 15) is 18.3 Å². The van der Waals surface area contributed by atoms with Gasteiger partial charge in [0.2, 0.25) is 10.0 Å². The van der Waals surface area contributed by atoms with Crippen LogP contribution < -0.4 is 0 Å². The number of carboxylic acids is 1. The summed E-state index contributed by atoms with van der Waals surface area (Å²) >= 11 is 0. The molecule has 0 bridgehead atoms. The van der Waals surface area contributed by atoms with Crippen molar-refractivity contribution in [3.05, 3.63) is 35.9 Å². The summed E-state index contributed by atoms with van der Waals surface area (Å²) in [6, 6.07) is 7.44. The van der Waals surface area contributed by atoms with Gasteiger partial charge in [-0.05, 0) is 12.0 Å². The molecule has 1 aromatic rings. The summed E-state index contributed by atoms with van der Waals surface area (Å²) in [6.07, 6.45) is -0.569. The highest BCUT2D eigenvalue weighted by molar-refractivity contribution is 7.88. The van der Waals surface area contributed by atoms with Gasteiger partial charge in [-0.3, -0.25) is 4.79 Å². The Morgan fingerprint density at radius 2 is 1.95 bits per heavy atom. The number of piperidine rings is 1. The topological polar surface area (TPSA) is 94.9 Å². The van der Waals surface area contributed by atoms with Crippen molar-refractivity contribution >= 4 is 16.0 Å². The van der Waals surface area contributed by atoms with Crippen LogP contribution in [0.1, 0.15) is 18.4 Å². The minimum Gasteiger partial charge on any atom is -0.480 e. The second-order valence-corrected chi connectivity index (χ2v) is 6.81. The second kappa shape index (κ2) is 5.90. The van der Waals surface area contributed by atoms with Crippen molar-refractivity contribution in [2.24, 2.45) is 0 Å². The van der Waals surface area contributed by atoms with E-state index in [1.54, 1.807) is 30.3 Å². The summed E-state index contributed by atoms with van der Waals surface area (Å²) in [6.45, 7) is 0.0350. The quantitative estimate of drug-likeness (QED) is 0.840. The van der Waals surface area contributed by atoms with Gasteiger partial charge in [0.25, 0.3) is 0 Å². The van der Waals surface area contributed by atoms with E-state index in [2.05, 4.69) is 0 Å². The largest absolute Gasteiger partial charge is 0.480 e. The number of carbonyl (C=O) groups is 1. The molecule has 1 aromatic carbocycles. The molecule has 110 valence electrons. The van der Waals surface area contributed by atoms with Crippen LogP contribution in [-0.2, 0) is 20.6 Å². The molecule has 0 unspecified atom stereocenters. The Labute approximate surface area is 117 Å². The number of nitrogens with zero attached hydrogens (tertiary/aromatic N) is 1. The number of carboxylic acid groups (broad SMARTS) is 1. The first-order chi connectivity index (χ1) is 9.40. The van der Waals surface area contributed by atoms with Crippen LogP contribution in [0.15, 0.2) is 30.3 Å². The van der Waals surface area contributed by atoms with Gasteiger partial charge >= 0.3 is 5.97 Å². The Bertz CT molecular complexity index is 572. The Morgan fingerprint density at radius 3 is 2.55 bits per heavy atom. The van der Waals surface area contributed by atoms with E-state index in [0.29, 0.717) is 5.56 Å². The highest BCUT2D eigenvalue weighted by Gasteiger charge is 2.39. The third kappa shape index (κ3) is 3.36. The van der Waals surface area contributed by atoms with Crippen LogP contribution in [0.2, 0.25) is 0 Å². The number of aliphatic carboxylic acids is 1. The molecule has 0 aromatic heterocycles. The number of hydrogen-bond acceptors (Lipinski definition) is 4. The Morgan fingerprint density at radius 1 is 1.30 bits per heavy atom. The maximum absolute atomic E-state index is 12.4. The van der Waals surface area contributed by atoms with E-state index in [-0.39, 0.29) is 25.1 Å². The van der Waals surface area contributed by atoms with Gasteiger partial charge in [0.15, 0.2) is 0 Å².